The molecule has 0 saturated heterocycles. The zero-order chi connectivity index (χ0) is 54.4. The van der Waals surface area contributed by atoms with E-state index in [4.69, 9.17) is 8.83 Å². The van der Waals surface area contributed by atoms with Gasteiger partial charge in [0.2, 0.25) is 0 Å². The third-order valence-electron chi connectivity index (χ3n) is 20.6. The van der Waals surface area contributed by atoms with Crippen molar-refractivity contribution in [3.8, 4) is 11.1 Å². The van der Waals surface area contributed by atoms with Crippen molar-refractivity contribution in [2.75, 3.05) is 14.7 Å². The smallest absolute Gasteiger partial charge is 0.252 e. The van der Waals surface area contributed by atoms with Crippen molar-refractivity contribution in [3.63, 3.8) is 0 Å². The highest BCUT2D eigenvalue weighted by molar-refractivity contribution is 7.00. The summed E-state index contributed by atoms with van der Waals surface area (Å²) in [5.74, 6) is 0. The minimum Gasteiger partial charge on any atom is -0.454 e. The molecule has 0 N–H and O–H groups in total. The number of furan rings is 2. The Balaban J connectivity index is 1.11. The van der Waals surface area contributed by atoms with E-state index >= 15 is 0 Å². The predicted molar refractivity (Wildman–Crippen MR) is 337 cm³/mol. The lowest BCUT2D eigenvalue weighted by molar-refractivity contribution is 0.195. The van der Waals surface area contributed by atoms with E-state index in [2.05, 4.69) is 253 Å². The summed E-state index contributed by atoms with van der Waals surface area (Å²) in [6, 6.07) is 67.0. The van der Waals surface area contributed by atoms with Gasteiger partial charge in [-0.1, -0.05) is 190 Å². The zero-order valence-electron chi connectivity index (χ0n) is 47.7. The average molecular weight is 1040 g/mol. The molecule has 1 saturated carbocycles. The van der Waals surface area contributed by atoms with Gasteiger partial charge in [0.05, 0.1) is 22.6 Å². The number of benzene rings is 9. The molecule has 3 aliphatic heterocycles. The maximum atomic E-state index is 7.39. The fourth-order valence-corrected chi connectivity index (χ4v) is 16.0. The van der Waals surface area contributed by atoms with Crippen molar-refractivity contribution >= 4 is 112 Å². The molecule has 0 bridgehead atoms. The molecule has 2 aromatic heterocycles. The van der Waals surface area contributed by atoms with Crippen LogP contribution in [0.5, 0.6) is 0 Å². The van der Waals surface area contributed by atoms with E-state index < -0.39 is 0 Å². The van der Waals surface area contributed by atoms with Crippen LogP contribution in [0.15, 0.2) is 185 Å². The first kappa shape index (κ1) is 48.0. The minimum atomic E-state index is -0.201. The average Bonchev–Trinajstić information content (AvgIpc) is 3.77. The Kier molecular flexibility index (Phi) is 9.80. The van der Waals surface area contributed by atoms with Gasteiger partial charge >= 0.3 is 0 Å². The van der Waals surface area contributed by atoms with E-state index in [0.29, 0.717) is 0 Å². The second kappa shape index (κ2) is 16.3. The fraction of sp³-hybridized carbons (Fsp3) is 0.270. The van der Waals surface area contributed by atoms with E-state index in [1.54, 1.807) is 0 Å². The van der Waals surface area contributed by atoms with Crippen molar-refractivity contribution in [2.24, 2.45) is 0 Å². The Hall–Kier alpha value is -7.96. The van der Waals surface area contributed by atoms with Crippen LogP contribution in [0.2, 0.25) is 0 Å². The summed E-state index contributed by atoms with van der Waals surface area (Å²) in [5.41, 5.74) is 24.3. The molecule has 5 heterocycles. The highest BCUT2D eigenvalue weighted by Crippen LogP contribution is 2.62. The van der Waals surface area contributed by atoms with Gasteiger partial charge in [-0.2, -0.15) is 0 Å². The Morgan fingerprint density at radius 1 is 0.450 bits per heavy atom. The molecule has 1 fully saturated rings. The molecule has 5 aliphatic rings. The van der Waals surface area contributed by atoms with Crippen molar-refractivity contribution in [1.82, 2.24) is 0 Å². The lowest BCUT2D eigenvalue weighted by Gasteiger charge is -2.51. The summed E-state index contributed by atoms with van der Waals surface area (Å²) >= 11 is 0. The van der Waals surface area contributed by atoms with Gasteiger partial charge in [0, 0.05) is 61.0 Å². The fourth-order valence-electron chi connectivity index (χ4n) is 16.0. The van der Waals surface area contributed by atoms with Crippen LogP contribution in [-0.2, 0) is 21.7 Å². The van der Waals surface area contributed by atoms with E-state index in [1.807, 2.05) is 0 Å². The van der Waals surface area contributed by atoms with Gasteiger partial charge in [-0.25, -0.2) is 0 Å². The monoisotopic (exact) mass is 1040 g/mol. The number of hydrogen-bond donors (Lipinski definition) is 0. The largest absolute Gasteiger partial charge is 0.454 e. The van der Waals surface area contributed by atoms with Crippen LogP contribution in [0, 0.1) is 0 Å². The number of anilines is 8. The normalized spacial score (nSPS) is 20.5. The lowest BCUT2D eigenvalue weighted by Crippen LogP contribution is -2.62. The Bertz CT molecular complexity index is 4440. The van der Waals surface area contributed by atoms with Gasteiger partial charge in [0.15, 0.2) is 11.2 Å². The van der Waals surface area contributed by atoms with Crippen molar-refractivity contribution < 1.29 is 8.83 Å². The van der Waals surface area contributed by atoms with Gasteiger partial charge in [0.25, 0.3) is 6.71 Å². The van der Waals surface area contributed by atoms with Crippen molar-refractivity contribution in [3.05, 3.63) is 198 Å². The maximum absolute atomic E-state index is 7.39. The SMILES string of the molecule is CC(C)(C)c1ccc(N2c3cc(N4c5ccccc5C5(C)CCCCC45C)cc4c3B(c3cc5c(cc3N4c3cccc4c3oc3ccccc34)C(C)(C)CCC5(C)C)c3ccc4c(oc5ccccc54)c32)c(-c2ccccc2)c1. The summed E-state index contributed by atoms with van der Waals surface area (Å²) in [6.45, 7) is 21.9. The second-order valence-corrected chi connectivity index (χ2v) is 27.0. The van der Waals surface area contributed by atoms with Gasteiger partial charge in [-0.15, -0.1) is 0 Å². The molecule has 0 amide bonds. The quantitative estimate of drug-likeness (QED) is 0.164. The van der Waals surface area contributed by atoms with E-state index in [-0.39, 0.29) is 33.9 Å². The van der Waals surface area contributed by atoms with Crippen LogP contribution in [0.1, 0.15) is 123 Å². The third kappa shape index (κ3) is 6.42. The molecule has 0 spiro atoms. The molecule has 6 heteroatoms. The minimum absolute atomic E-state index is 0.0345. The van der Waals surface area contributed by atoms with Crippen molar-refractivity contribution in [2.45, 2.75) is 128 Å². The molecular weight excluding hydrogens is 974 g/mol. The number of nitrogens with zero attached hydrogens (tertiary/aromatic N) is 3. The summed E-state index contributed by atoms with van der Waals surface area (Å²) in [7, 11) is 0. The molecule has 2 unspecified atom stereocenters. The standard InChI is InChI=1S/C74H68BN3O2/c1-70(2,3)46-32-35-58(52(40-46)45-22-11-10-12-23-45)77-63-42-47(78-59-28-16-15-27-53(59)73(8)36-19-20-37-74(73,78)9)41-62-66(63)75(56-34-33-51-49-25-14-18-31-65(49)80-69(51)67(56)77)57-43-54-55(72(6,7)39-38-71(54,4)5)44-61(57)76(62)60-29-21-26-50-48-24-13-17-30-64(48)79-68(50)60/h10-18,21-35,40-44H,19-20,36-39H2,1-9H3. The molecule has 16 rings (SSSR count). The Labute approximate surface area is 470 Å². The molecular formula is C74H68BN3O2. The first-order valence-corrected chi connectivity index (χ1v) is 29.5. The second-order valence-electron chi connectivity index (χ2n) is 27.0. The number of hydrogen-bond acceptors (Lipinski definition) is 5. The highest BCUT2D eigenvalue weighted by atomic mass is 16.3. The highest BCUT2D eigenvalue weighted by Gasteiger charge is 2.58. The van der Waals surface area contributed by atoms with E-state index in [0.717, 1.165) is 86.6 Å². The Morgan fingerprint density at radius 3 is 1.80 bits per heavy atom. The van der Waals surface area contributed by atoms with E-state index in [9.17, 15) is 0 Å². The number of rotatable bonds is 4. The number of fused-ring (bicyclic) bond motifs is 15. The topological polar surface area (TPSA) is 36.0 Å². The third-order valence-corrected chi connectivity index (χ3v) is 20.6. The lowest BCUT2D eigenvalue weighted by atomic mass is 9.33. The van der Waals surface area contributed by atoms with E-state index in [1.165, 1.54) is 91.0 Å². The van der Waals surface area contributed by atoms with Crippen LogP contribution in [0.3, 0.4) is 0 Å². The summed E-state index contributed by atoms with van der Waals surface area (Å²) in [6.07, 6.45) is 6.88. The van der Waals surface area contributed by atoms with Gasteiger partial charge in [-0.3, -0.25) is 0 Å². The van der Waals surface area contributed by atoms with Crippen molar-refractivity contribution in [1.29, 1.82) is 0 Å². The first-order valence-electron chi connectivity index (χ1n) is 29.5. The van der Waals surface area contributed by atoms with Gasteiger partial charge < -0.3 is 23.5 Å². The zero-order valence-corrected chi connectivity index (χ0v) is 47.7. The molecule has 0 radical (unpaired) electrons. The summed E-state index contributed by atoms with van der Waals surface area (Å²) in [4.78, 5) is 8.08. The van der Waals surface area contributed by atoms with Crippen LogP contribution >= 0.6 is 0 Å². The van der Waals surface area contributed by atoms with Crippen LogP contribution in [-0.4, -0.2) is 12.3 Å². The molecule has 80 heavy (non-hydrogen) atoms. The molecule has 11 aromatic rings. The summed E-state index contributed by atoms with van der Waals surface area (Å²) < 4.78 is 14.6. The van der Waals surface area contributed by atoms with Gasteiger partial charge in [0.1, 0.15) is 11.2 Å². The van der Waals surface area contributed by atoms with Crippen LogP contribution < -0.4 is 31.1 Å². The Morgan fingerprint density at radius 2 is 1.06 bits per heavy atom. The van der Waals surface area contributed by atoms with Crippen LogP contribution in [0.4, 0.5) is 45.5 Å². The molecule has 2 atom stereocenters. The van der Waals surface area contributed by atoms with Gasteiger partial charge in [-0.05, 0) is 148 Å². The molecule has 9 aromatic carbocycles. The maximum Gasteiger partial charge on any atom is 0.252 e. The molecule has 5 nitrogen and oxygen atoms in total. The molecule has 2 aliphatic carbocycles. The molecule has 394 valence electrons. The summed E-state index contributed by atoms with van der Waals surface area (Å²) in [5, 5.41) is 4.50. The number of para-hydroxylation sites is 4. The predicted octanol–water partition coefficient (Wildman–Crippen LogP) is 18.6. The first-order chi connectivity index (χ1) is 38.5. The van der Waals surface area contributed by atoms with Crippen LogP contribution in [0.25, 0.3) is 55.0 Å².